The van der Waals surface area contributed by atoms with E-state index in [2.05, 4.69) is 32.9 Å². The first kappa shape index (κ1) is 21.8. The van der Waals surface area contributed by atoms with Gasteiger partial charge in [0.15, 0.2) is 5.78 Å². The molecule has 0 amide bonds. The smallest absolute Gasteiger partial charge is 0.330 e. The van der Waals surface area contributed by atoms with Gasteiger partial charge < -0.3 is 4.74 Å². The number of esters is 1. The molecule has 0 saturated heterocycles. The van der Waals surface area contributed by atoms with Gasteiger partial charge in [-0.2, -0.15) is 0 Å². The van der Waals surface area contributed by atoms with Crippen molar-refractivity contribution in [1.82, 2.24) is 0 Å². The minimum Gasteiger partial charge on any atom is -0.463 e. The van der Waals surface area contributed by atoms with Crippen LogP contribution in [0.25, 0.3) is 0 Å². The molecule has 4 aliphatic rings. The van der Waals surface area contributed by atoms with Gasteiger partial charge in [0.1, 0.15) is 0 Å². The summed E-state index contributed by atoms with van der Waals surface area (Å²) in [5.41, 5.74) is 2.12. The van der Waals surface area contributed by atoms with Crippen LogP contribution in [0.3, 0.4) is 0 Å². The van der Waals surface area contributed by atoms with Gasteiger partial charge in [-0.1, -0.05) is 32.4 Å². The molecular formula is C27H40O3. The maximum atomic E-state index is 12.2. The normalized spacial score (nSPS) is 43.0. The van der Waals surface area contributed by atoms with Crippen molar-refractivity contribution < 1.29 is 14.3 Å². The second-order valence-electron chi connectivity index (χ2n) is 10.9. The van der Waals surface area contributed by atoms with Gasteiger partial charge in [0.2, 0.25) is 0 Å². The zero-order valence-electron chi connectivity index (χ0n) is 19.4. The van der Waals surface area contributed by atoms with Gasteiger partial charge in [-0.25, -0.2) is 4.79 Å². The summed E-state index contributed by atoms with van der Waals surface area (Å²) < 4.78 is 5.05. The second-order valence-corrected chi connectivity index (χ2v) is 10.9. The van der Waals surface area contributed by atoms with Crippen LogP contribution >= 0.6 is 0 Å². The van der Waals surface area contributed by atoms with E-state index in [9.17, 15) is 9.59 Å². The first-order chi connectivity index (χ1) is 14.3. The molecule has 166 valence electrons. The summed E-state index contributed by atoms with van der Waals surface area (Å²) in [7, 11) is 0. The SMILES string of the molecule is CCOC(=O)/C=C/CC1CCC2C3CC(CC)C4=CC(=O)CCC4(C)C3CCC12C. The van der Waals surface area contributed by atoms with Crippen LogP contribution in [0.5, 0.6) is 0 Å². The van der Waals surface area contributed by atoms with Crippen molar-refractivity contribution in [1.29, 1.82) is 0 Å². The van der Waals surface area contributed by atoms with E-state index in [-0.39, 0.29) is 11.4 Å². The Morgan fingerprint density at radius 3 is 2.70 bits per heavy atom. The fraction of sp³-hybridized carbons (Fsp3) is 0.778. The second kappa shape index (κ2) is 8.28. The Bertz CT molecular complexity index is 749. The lowest BCUT2D eigenvalue weighted by Crippen LogP contribution is -2.52. The quantitative estimate of drug-likeness (QED) is 0.394. The maximum absolute atomic E-state index is 12.2. The van der Waals surface area contributed by atoms with Gasteiger partial charge in [0.25, 0.3) is 0 Å². The molecule has 0 aromatic carbocycles. The number of rotatable bonds is 5. The van der Waals surface area contributed by atoms with E-state index in [1.807, 2.05) is 6.92 Å². The van der Waals surface area contributed by atoms with Gasteiger partial charge >= 0.3 is 5.97 Å². The molecule has 0 bridgehead atoms. The topological polar surface area (TPSA) is 43.4 Å². The molecule has 0 radical (unpaired) electrons. The van der Waals surface area contributed by atoms with Gasteiger partial charge in [-0.15, -0.1) is 0 Å². The molecule has 3 fully saturated rings. The molecule has 0 aliphatic heterocycles. The van der Waals surface area contributed by atoms with Crippen molar-refractivity contribution in [3.63, 3.8) is 0 Å². The van der Waals surface area contributed by atoms with Crippen molar-refractivity contribution in [2.75, 3.05) is 6.61 Å². The van der Waals surface area contributed by atoms with Crippen LogP contribution < -0.4 is 0 Å². The van der Waals surface area contributed by atoms with Crippen LogP contribution in [0.4, 0.5) is 0 Å². The van der Waals surface area contributed by atoms with Gasteiger partial charge in [0, 0.05) is 12.5 Å². The Morgan fingerprint density at radius 1 is 1.17 bits per heavy atom. The zero-order chi connectivity index (χ0) is 21.5. The third kappa shape index (κ3) is 3.50. The highest BCUT2D eigenvalue weighted by Gasteiger charge is 2.59. The lowest BCUT2D eigenvalue weighted by molar-refractivity contribution is -0.137. The number of hydrogen-bond acceptors (Lipinski definition) is 3. The summed E-state index contributed by atoms with van der Waals surface area (Å²) in [4.78, 5) is 23.9. The van der Waals surface area contributed by atoms with E-state index in [0.717, 1.165) is 43.4 Å². The Kier molecular flexibility index (Phi) is 6.03. The highest BCUT2D eigenvalue weighted by molar-refractivity contribution is 5.91. The molecule has 0 aromatic heterocycles. The van der Waals surface area contributed by atoms with E-state index in [1.165, 1.54) is 37.7 Å². The average Bonchev–Trinajstić information content (AvgIpc) is 3.05. The van der Waals surface area contributed by atoms with E-state index < -0.39 is 0 Å². The summed E-state index contributed by atoms with van der Waals surface area (Å²) >= 11 is 0. The van der Waals surface area contributed by atoms with E-state index in [0.29, 0.717) is 29.6 Å². The van der Waals surface area contributed by atoms with Crippen molar-refractivity contribution in [2.24, 2.45) is 40.4 Å². The summed E-state index contributed by atoms with van der Waals surface area (Å²) in [5, 5.41) is 0. The molecule has 4 rings (SSSR count). The van der Waals surface area contributed by atoms with Crippen LogP contribution in [0.15, 0.2) is 23.8 Å². The molecule has 4 aliphatic carbocycles. The summed E-state index contributed by atoms with van der Waals surface area (Å²) in [6.45, 7) is 9.63. The predicted octanol–water partition coefficient (Wildman–Crippen LogP) is 6.28. The highest BCUT2D eigenvalue weighted by Crippen LogP contribution is 2.68. The van der Waals surface area contributed by atoms with E-state index in [4.69, 9.17) is 4.74 Å². The van der Waals surface area contributed by atoms with Gasteiger partial charge in [-0.05, 0) is 105 Å². The molecule has 3 heteroatoms. The van der Waals surface area contributed by atoms with Crippen LogP contribution in [0.1, 0.15) is 85.5 Å². The summed E-state index contributed by atoms with van der Waals surface area (Å²) in [5.74, 6) is 3.74. The molecule has 0 aromatic rings. The number of fused-ring (bicyclic) bond motifs is 5. The molecule has 0 spiro atoms. The Hall–Kier alpha value is -1.38. The minimum atomic E-state index is -0.210. The molecule has 0 heterocycles. The lowest BCUT2D eigenvalue weighted by atomic mass is 9.45. The molecule has 30 heavy (non-hydrogen) atoms. The number of ketones is 1. The predicted molar refractivity (Wildman–Crippen MR) is 120 cm³/mol. The third-order valence-electron chi connectivity index (χ3n) is 9.77. The summed E-state index contributed by atoms with van der Waals surface area (Å²) in [6, 6.07) is 0. The number of carbonyl (C=O) groups is 2. The average molecular weight is 413 g/mol. The monoisotopic (exact) mass is 412 g/mol. The van der Waals surface area contributed by atoms with Crippen LogP contribution in [0.2, 0.25) is 0 Å². The molecule has 3 nitrogen and oxygen atoms in total. The molecule has 0 N–H and O–H groups in total. The van der Waals surface area contributed by atoms with Crippen molar-refractivity contribution in [3.05, 3.63) is 23.8 Å². The number of hydrogen-bond donors (Lipinski definition) is 0. The maximum Gasteiger partial charge on any atom is 0.330 e. The fourth-order valence-corrected chi connectivity index (χ4v) is 8.19. The molecule has 7 unspecified atom stereocenters. The third-order valence-corrected chi connectivity index (χ3v) is 9.77. The van der Waals surface area contributed by atoms with E-state index >= 15 is 0 Å². The number of allylic oxidation sites excluding steroid dienone is 2. The van der Waals surface area contributed by atoms with Crippen LogP contribution in [0, 0.1) is 40.4 Å². The lowest BCUT2D eigenvalue weighted by Gasteiger charge is -2.60. The van der Waals surface area contributed by atoms with Gasteiger partial charge in [0.05, 0.1) is 6.61 Å². The molecule has 3 saturated carbocycles. The molecular weight excluding hydrogens is 372 g/mol. The standard InChI is InChI=1S/C27H40O3/c1-5-18-16-21-22-11-10-19(8-7-9-25(29)30-6-2)26(22,3)15-13-23(21)27(4)14-12-20(28)17-24(18)27/h7,9,17-19,21-23H,5-6,8,10-16H2,1-4H3/b9-7+. The fourth-order valence-electron chi connectivity index (χ4n) is 8.19. The number of ether oxygens (including phenoxy) is 1. The first-order valence-corrected chi connectivity index (χ1v) is 12.4. The Morgan fingerprint density at radius 2 is 1.97 bits per heavy atom. The highest BCUT2D eigenvalue weighted by atomic mass is 16.5. The van der Waals surface area contributed by atoms with Crippen molar-refractivity contribution >= 4 is 11.8 Å². The number of carbonyl (C=O) groups excluding carboxylic acids is 2. The largest absolute Gasteiger partial charge is 0.463 e. The summed E-state index contributed by atoms with van der Waals surface area (Å²) in [6.07, 6.45) is 16.2. The van der Waals surface area contributed by atoms with Crippen molar-refractivity contribution in [2.45, 2.75) is 85.5 Å². The first-order valence-electron chi connectivity index (χ1n) is 12.4. The zero-order valence-corrected chi connectivity index (χ0v) is 19.4. The Labute approximate surface area is 182 Å². The van der Waals surface area contributed by atoms with Crippen LogP contribution in [-0.4, -0.2) is 18.4 Å². The van der Waals surface area contributed by atoms with Crippen LogP contribution in [-0.2, 0) is 14.3 Å². The van der Waals surface area contributed by atoms with E-state index in [1.54, 1.807) is 6.08 Å². The minimum absolute atomic E-state index is 0.210. The molecule has 7 atom stereocenters. The van der Waals surface area contributed by atoms with Crippen molar-refractivity contribution in [3.8, 4) is 0 Å². The van der Waals surface area contributed by atoms with Gasteiger partial charge in [-0.3, -0.25) is 4.79 Å². The Balaban J connectivity index is 1.54.